The molecule has 2 atom stereocenters. The zero-order chi connectivity index (χ0) is 23.5. The fourth-order valence-electron chi connectivity index (χ4n) is 5.47. The number of amides is 1. The number of rotatable bonds is 4. The molecule has 2 unspecified atom stereocenters. The number of hydrogen-bond donors (Lipinski definition) is 1. The monoisotopic (exact) mass is 453 g/mol. The van der Waals surface area contributed by atoms with Gasteiger partial charge < -0.3 is 19.5 Å². The topological polar surface area (TPSA) is 95.0 Å². The number of hydrogen-bond acceptors (Lipinski definition) is 7. The van der Waals surface area contributed by atoms with Gasteiger partial charge in [0.1, 0.15) is 6.26 Å². The lowest BCUT2D eigenvalue weighted by Crippen LogP contribution is -2.65. The molecule has 1 saturated carbocycles. The van der Waals surface area contributed by atoms with Crippen molar-refractivity contribution in [1.82, 2.24) is 14.8 Å². The summed E-state index contributed by atoms with van der Waals surface area (Å²) >= 11 is 0. The van der Waals surface area contributed by atoms with E-state index in [1.807, 2.05) is 4.90 Å². The molecule has 0 aromatic carbocycles. The Morgan fingerprint density at radius 1 is 1.21 bits per heavy atom. The average molecular weight is 454 g/mol. The number of dihydropyridines is 1. The molecule has 1 aliphatic carbocycles. The molecule has 2 fully saturated rings. The largest absolute Gasteiger partial charge is 0.451 e. The van der Waals surface area contributed by atoms with Crippen LogP contribution in [0.4, 0.5) is 0 Å². The summed E-state index contributed by atoms with van der Waals surface area (Å²) in [6.07, 6.45) is 5.78. The zero-order valence-electron chi connectivity index (χ0n) is 20.4. The molecule has 8 nitrogen and oxygen atoms in total. The molecule has 178 valence electrons. The fraction of sp³-hybridized carbons (Fsp3) is 0.680. The highest BCUT2D eigenvalue weighted by atomic mass is 16.5. The summed E-state index contributed by atoms with van der Waals surface area (Å²) in [5.41, 5.74) is 3.37. The van der Waals surface area contributed by atoms with Crippen LogP contribution in [-0.2, 0) is 4.74 Å². The first kappa shape index (κ1) is 22.5. The van der Waals surface area contributed by atoms with E-state index < -0.39 is 5.66 Å². The molecule has 1 aromatic rings. The minimum Gasteiger partial charge on any atom is -0.451 e. The molecule has 0 bridgehead atoms. The van der Waals surface area contributed by atoms with Crippen molar-refractivity contribution in [3.63, 3.8) is 0 Å². The van der Waals surface area contributed by atoms with Gasteiger partial charge in [-0.3, -0.25) is 14.7 Å². The van der Waals surface area contributed by atoms with Gasteiger partial charge in [0.25, 0.3) is 5.91 Å². The third-order valence-corrected chi connectivity index (χ3v) is 7.68. The average Bonchev–Trinajstić information content (AvgIpc) is 3.48. The Bertz CT molecular complexity index is 1020. The van der Waals surface area contributed by atoms with Gasteiger partial charge in [0.15, 0.2) is 17.8 Å². The summed E-state index contributed by atoms with van der Waals surface area (Å²) in [6.45, 7) is 13.0. The van der Waals surface area contributed by atoms with Crippen molar-refractivity contribution in [3.8, 4) is 0 Å². The van der Waals surface area contributed by atoms with Gasteiger partial charge in [-0.15, -0.1) is 0 Å². The minimum atomic E-state index is -0.722. The summed E-state index contributed by atoms with van der Waals surface area (Å²) in [5.74, 6) is 0.654. The number of aromatic nitrogens is 1. The van der Waals surface area contributed by atoms with Crippen LogP contribution in [-0.4, -0.2) is 75.7 Å². The second-order valence-electron chi connectivity index (χ2n) is 11.0. The fourth-order valence-corrected chi connectivity index (χ4v) is 5.47. The van der Waals surface area contributed by atoms with Gasteiger partial charge in [0.05, 0.1) is 17.9 Å². The SMILES string of the molecule is CC(C)C1CN(C2(C)N=C(C3CC3)C3=C(CC(C)(C)OC3)C2=N)CCN1C(=O)c1cocn1. The second-order valence-corrected chi connectivity index (χ2v) is 11.0. The number of carbonyl (C=O) groups excluding carboxylic acids is 1. The first-order chi connectivity index (χ1) is 15.6. The molecule has 0 spiro atoms. The molecule has 33 heavy (non-hydrogen) atoms. The molecule has 8 heteroatoms. The van der Waals surface area contributed by atoms with Gasteiger partial charge >= 0.3 is 0 Å². The molecule has 3 aliphatic heterocycles. The lowest BCUT2D eigenvalue weighted by molar-refractivity contribution is -0.0126. The third-order valence-electron chi connectivity index (χ3n) is 7.68. The number of nitrogens with zero attached hydrogens (tertiary/aromatic N) is 4. The van der Waals surface area contributed by atoms with E-state index in [9.17, 15) is 10.2 Å². The van der Waals surface area contributed by atoms with Crippen molar-refractivity contribution in [2.24, 2.45) is 16.8 Å². The normalized spacial score (nSPS) is 30.5. The van der Waals surface area contributed by atoms with E-state index in [0.717, 1.165) is 36.1 Å². The Kier molecular flexibility index (Phi) is 5.36. The standard InChI is InChI=1S/C25H35N5O3/c1-15(2)20-11-29(8-9-30(20)23(31)19-13-32-14-27-19)25(5)22(26)17-10-24(3,4)33-12-18(17)21(28-25)16-6-7-16/h13-16,20,26H,6-12H2,1-5H3. The highest BCUT2D eigenvalue weighted by Gasteiger charge is 2.50. The summed E-state index contributed by atoms with van der Waals surface area (Å²) in [4.78, 5) is 26.7. The van der Waals surface area contributed by atoms with Gasteiger partial charge in [-0.1, -0.05) is 13.8 Å². The van der Waals surface area contributed by atoms with Crippen molar-refractivity contribution in [2.45, 2.75) is 71.2 Å². The molecule has 0 radical (unpaired) electrons. The maximum atomic E-state index is 13.1. The van der Waals surface area contributed by atoms with E-state index in [4.69, 9.17) is 14.1 Å². The van der Waals surface area contributed by atoms with Crippen LogP contribution in [0, 0.1) is 17.2 Å². The van der Waals surface area contributed by atoms with Crippen LogP contribution in [0.5, 0.6) is 0 Å². The highest BCUT2D eigenvalue weighted by Crippen LogP contribution is 2.44. The van der Waals surface area contributed by atoms with Crippen LogP contribution in [0.25, 0.3) is 0 Å². The van der Waals surface area contributed by atoms with Crippen LogP contribution in [0.1, 0.15) is 64.4 Å². The van der Waals surface area contributed by atoms with Crippen molar-refractivity contribution >= 4 is 17.3 Å². The number of carbonyl (C=O) groups is 1. The highest BCUT2D eigenvalue weighted by molar-refractivity contribution is 6.18. The van der Waals surface area contributed by atoms with Crippen LogP contribution in [0.3, 0.4) is 0 Å². The smallest absolute Gasteiger partial charge is 0.276 e. The van der Waals surface area contributed by atoms with Gasteiger partial charge in [0.2, 0.25) is 0 Å². The van der Waals surface area contributed by atoms with Gasteiger partial charge in [0, 0.05) is 49.3 Å². The van der Waals surface area contributed by atoms with E-state index in [1.54, 1.807) is 0 Å². The Balaban J connectivity index is 1.45. The van der Waals surface area contributed by atoms with Gasteiger partial charge in [-0.25, -0.2) is 4.98 Å². The van der Waals surface area contributed by atoms with Crippen molar-refractivity contribution < 1.29 is 13.9 Å². The Hall–Kier alpha value is -2.32. The van der Waals surface area contributed by atoms with Crippen LogP contribution in [0.15, 0.2) is 33.2 Å². The second kappa shape index (κ2) is 7.87. The number of piperazine rings is 1. The van der Waals surface area contributed by atoms with E-state index in [2.05, 4.69) is 44.5 Å². The molecule has 1 N–H and O–H groups in total. The summed E-state index contributed by atoms with van der Waals surface area (Å²) in [5, 5.41) is 9.29. The first-order valence-electron chi connectivity index (χ1n) is 12.1. The molecule has 5 rings (SSSR count). The van der Waals surface area contributed by atoms with Crippen LogP contribution >= 0.6 is 0 Å². The Labute approximate surface area is 195 Å². The summed E-state index contributed by atoms with van der Waals surface area (Å²) in [7, 11) is 0. The molecule has 1 aromatic heterocycles. The molecule has 1 amide bonds. The van der Waals surface area contributed by atoms with E-state index in [-0.39, 0.29) is 23.5 Å². The number of ether oxygens (including phenoxy) is 1. The summed E-state index contributed by atoms with van der Waals surface area (Å²) in [6, 6.07) is 0.00802. The predicted octanol–water partition coefficient (Wildman–Crippen LogP) is 3.55. The van der Waals surface area contributed by atoms with E-state index in [1.165, 1.54) is 12.7 Å². The van der Waals surface area contributed by atoms with Crippen molar-refractivity contribution in [3.05, 3.63) is 29.5 Å². The lowest BCUT2D eigenvalue weighted by atomic mass is 9.79. The van der Waals surface area contributed by atoms with Gasteiger partial charge in [-0.2, -0.15) is 0 Å². The quantitative estimate of drug-likeness (QED) is 0.752. The molecular formula is C25H35N5O3. The molecule has 4 heterocycles. The van der Waals surface area contributed by atoms with Crippen molar-refractivity contribution in [1.29, 1.82) is 5.41 Å². The predicted molar refractivity (Wildman–Crippen MR) is 126 cm³/mol. The number of nitrogens with one attached hydrogen (secondary N) is 1. The maximum absolute atomic E-state index is 13.1. The van der Waals surface area contributed by atoms with E-state index in [0.29, 0.717) is 43.6 Å². The van der Waals surface area contributed by atoms with Crippen LogP contribution < -0.4 is 0 Å². The maximum Gasteiger partial charge on any atom is 0.276 e. The Morgan fingerprint density at radius 2 is 1.97 bits per heavy atom. The minimum absolute atomic E-state index is 0.00802. The first-order valence-corrected chi connectivity index (χ1v) is 12.1. The molecule has 4 aliphatic rings. The van der Waals surface area contributed by atoms with Crippen molar-refractivity contribution in [2.75, 3.05) is 26.2 Å². The lowest BCUT2D eigenvalue weighted by Gasteiger charge is -2.51. The molecule has 1 saturated heterocycles. The van der Waals surface area contributed by atoms with Gasteiger partial charge in [-0.05, 0) is 45.1 Å². The number of oxazole rings is 1. The summed E-state index contributed by atoms with van der Waals surface area (Å²) < 4.78 is 11.2. The Morgan fingerprint density at radius 3 is 2.61 bits per heavy atom. The molecular weight excluding hydrogens is 418 g/mol. The van der Waals surface area contributed by atoms with E-state index >= 15 is 0 Å². The zero-order valence-corrected chi connectivity index (χ0v) is 20.4. The number of aliphatic imine (C=N–C) groups is 1. The third kappa shape index (κ3) is 3.87. The van der Waals surface area contributed by atoms with Crippen LogP contribution in [0.2, 0.25) is 0 Å².